The van der Waals surface area contributed by atoms with Gasteiger partial charge in [0, 0.05) is 31.3 Å². The number of rotatable bonds is 11. The fourth-order valence-electron chi connectivity index (χ4n) is 4.06. The third kappa shape index (κ3) is 7.34. The van der Waals surface area contributed by atoms with Crippen LogP contribution in [-0.4, -0.2) is 32.6 Å². The minimum absolute atomic E-state index is 0.126. The summed E-state index contributed by atoms with van der Waals surface area (Å²) in [6.45, 7) is 6.39. The number of imidazole rings is 1. The molecule has 2 atom stereocenters. The number of aromatic nitrogens is 2. The number of nitrogens with one attached hydrogen (secondary N) is 1. The predicted octanol–water partition coefficient (Wildman–Crippen LogP) is 3.67. The number of nitrogen functional groups attached to an aromatic ring is 1. The fraction of sp³-hybridized carbons (Fsp3) is 0.370. The highest BCUT2D eigenvalue weighted by atomic mass is 16.5. The van der Waals surface area contributed by atoms with Crippen LogP contribution in [0.3, 0.4) is 0 Å². The number of carbonyl (C=O) groups excluding carboxylic acids is 2. The Bertz CT molecular complexity index is 1120. The number of phenols is 1. The van der Waals surface area contributed by atoms with Crippen LogP contribution in [0.2, 0.25) is 0 Å². The van der Waals surface area contributed by atoms with Crippen molar-refractivity contribution in [2.45, 2.75) is 59.2 Å². The fourth-order valence-corrected chi connectivity index (χ4v) is 4.06. The maximum absolute atomic E-state index is 13.1. The zero-order valence-electron chi connectivity index (χ0n) is 20.5. The Labute approximate surface area is 206 Å². The number of aryl methyl sites for hydroxylation is 3. The molecule has 0 bridgehead atoms. The smallest absolute Gasteiger partial charge is 0.329 e. The molecule has 1 amide bonds. The molecule has 1 aromatic heterocycles. The number of benzene rings is 2. The summed E-state index contributed by atoms with van der Waals surface area (Å²) in [5.41, 5.74) is 9.27. The van der Waals surface area contributed by atoms with Gasteiger partial charge in [0.1, 0.15) is 18.4 Å². The summed E-state index contributed by atoms with van der Waals surface area (Å²) < 4.78 is 7.40. The van der Waals surface area contributed by atoms with E-state index in [0.29, 0.717) is 18.9 Å². The standard InChI is InChI=1S/C27H34N4O4/c1-18(8-7-12-31-13-11-29-27(31)28)25(33)30-24(16-23-19(2)14-22(32)15-20(23)3)26(34)35-17-21-9-5-4-6-10-21/h4-6,9-11,13-15,18,24,32H,7-8,12,16-17H2,1-3H3,(H2,28,29)(H,30,33)/t18-,24+/m1/s1. The second-order valence-electron chi connectivity index (χ2n) is 8.94. The summed E-state index contributed by atoms with van der Waals surface area (Å²) in [4.78, 5) is 30.1. The van der Waals surface area contributed by atoms with Gasteiger partial charge in [-0.2, -0.15) is 0 Å². The molecule has 0 saturated heterocycles. The lowest BCUT2D eigenvalue weighted by Gasteiger charge is -2.22. The van der Waals surface area contributed by atoms with Gasteiger partial charge in [0.2, 0.25) is 5.91 Å². The van der Waals surface area contributed by atoms with Gasteiger partial charge in [0.15, 0.2) is 5.95 Å². The topological polar surface area (TPSA) is 119 Å². The lowest BCUT2D eigenvalue weighted by atomic mass is 9.95. The van der Waals surface area contributed by atoms with Crippen LogP contribution in [-0.2, 0) is 33.9 Å². The van der Waals surface area contributed by atoms with Crippen LogP contribution in [0.15, 0.2) is 54.9 Å². The molecule has 3 rings (SSSR count). The first-order valence-electron chi connectivity index (χ1n) is 11.8. The number of nitrogens with zero attached hydrogens (tertiary/aromatic N) is 2. The number of anilines is 1. The molecule has 0 fully saturated rings. The Kier molecular flexibility index (Phi) is 8.89. The molecule has 0 saturated carbocycles. The first-order valence-corrected chi connectivity index (χ1v) is 11.8. The van der Waals surface area contributed by atoms with E-state index in [-0.39, 0.29) is 30.6 Å². The van der Waals surface area contributed by atoms with E-state index in [1.165, 1.54) is 0 Å². The molecule has 2 aromatic carbocycles. The summed E-state index contributed by atoms with van der Waals surface area (Å²) in [6.07, 6.45) is 5.10. The summed E-state index contributed by atoms with van der Waals surface area (Å²) >= 11 is 0. The largest absolute Gasteiger partial charge is 0.508 e. The average molecular weight is 479 g/mol. The van der Waals surface area contributed by atoms with E-state index in [1.807, 2.05) is 55.7 Å². The van der Waals surface area contributed by atoms with Crippen LogP contribution in [0.25, 0.3) is 0 Å². The van der Waals surface area contributed by atoms with Gasteiger partial charge in [0.25, 0.3) is 0 Å². The third-order valence-electron chi connectivity index (χ3n) is 6.15. The first kappa shape index (κ1) is 25.8. The molecule has 1 heterocycles. The van der Waals surface area contributed by atoms with Crippen LogP contribution in [0, 0.1) is 19.8 Å². The van der Waals surface area contributed by atoms with Gasteiger partial charge in [-0.3, -0.25) is 4.79 Å². The zero-order chi connectivity index (χ0) is 25.4. The Balaban J connectivity index is 1.67. The molecule has 0 aliphatic carbocycles. The van der Waals surface area contributed by atoms with E-state index in [4.69, 9.17) is 10.5 Å². The molecular formula is C27H34N4O4. The first-order chi connectivity index (χ1) is 16.7. The highest BCUT2D eigenvalue weighted by molar-refractivity contribution is 5.86. The average Bonchev–Trinajstić information content (AvgIpc) is 3.23. The third-order valence-corrected chi connectivity index (χ3v) is 6.15. The van der Waals surface area contributed by atoms with Crippen LogP contribution < -0.4 is 11.1 Å². The molecule has 8 heteroatoms. The number of hydrogen-bond acceptors (Lipinski definition) is 6. The van der Waals surface area contributed by atoms with Crippen LogP contribution in [0.4, 0.5) is 5.95 Å². The van der Waals surface area contributed by atoms with Crippen LogP contribution in [0.5, 0.6) is 5.75 Å². The van der Waals surface area contributed by atoms with E-state index >= 15 is 0 Å². The maximum atomic E-state index is 13.1. The highest BCUT2D eigenvalue weighted by Crippen LogP contribution is 2.23. The van der Waals surface area contributed by atoms with E-state index in [2.05, 4.69) is 10.3 Å². The predicted molar refractivity (Wildman–Crippen MR) is 134 cm³/mol. The number of hydrogen-bond donors (Lipinski definition) is 3. The summed E-state index contributed by atoms with van der Waals surface area (Å²) in [5.74, 6) is -0.385. The quantitative estimate of drug-likeness (QED) is 0.362. The number of carbonyl (C=O) groups is 2. The number of amides is 1. The maximum Gasteiger partial charge on any atom is 0.329 e. The second-order valence-corrected chi connectivity index (χ2v) is 8.94. The SMILES string of the molecule is Cc1cc(O)cc(C)c1C[C@H](NC(=O)[C@H](C)CCCn1ccnc1N)C(=O)OCc1ccccc1. The highest BCUT2D eigenvalue weighted by Gasteiger charge is 2.26. The van der Waals surface area contributed by atoms with E-state index in [9.17, 15) is 14.7 Å². The van der Waals surface area contributed by atoms with Crippen molar-refractivity contribution in [3.63, 3.8) is 0 Å². The van der Waals surface area contributed by atoms with Gasteiger partial charge in [-0.25, -0.2) is 9.78 Å². The van der Waals surface area contributed by atoms with Crippen molar-refractivity contribution in [3.8, 4) is 5.75 Å². The van der Waals surface area contributed by atoms with Crippen LogP contribution >= 0.6 is 0 Å². The van der Waals surface area contributed by atoms with Gasteiger partial charge in [-0.15, -0.1) is 0 Å². The number of aromatic hydroxyl groups is 1. The molecule has 4 N–H and O–H groups in total. The van der Waals surface area contributed by atoms with Crippen molar-refractivity contribution in [2.75, 3.05) is 5.73 Å². The Morgan fingerprint density at radius 2 is 1.86 bits per heavy atom. The van der Waals surface area contributed by atoms with Gasteiger partial charge in [0.05, 0.1) is 0 Å². The van der Waals surface area contributed by atoms with Crippen LogP contribution in [0.1, 0.15) is 42.0 Å². The van der Waals surface area contributed by atoms with Gasteiger partial charge in [-0.05, 0) is 61.1 Å². The van der Waals surface area contributed by atoms with Crippen molar-refractivity contribution in [1.29, 1.82) is 0 Å². The Hall–Kier alpha value is -3.81. The minimum atomic E-state index is -0.847. The number of esters is 1. The van der Waals surface area contributed by atoms with Crippen molar-refractivity contribution >= 4 is 17.8 Å². The van der Waals surface area contributed by atoms with E-state index in [0.717, 1.165) is 28.7 Å². The summed E-state index contributed by atoms with van der Waals surface area (Å²) in [7, 11) is 0. The molecule has 3 aromatic rings. The molecule has 0 spiro atoms. The summed E-state index contributed by atoms with van der Waals surface area (Å²) in [6, 6.07) is 11.9. The van der Waals surface area contributed by atoms with E-state index in [1.54, 1.807) is 24.5 Å². The van der Waals surface area contributed by atoms with Gasteiger partial charge >= 0.3 is 5.97 Å². The minimum Gasteiger partial charge on any atom is -0.508 e. The van der Waals surface area contributed by atoms with Gasteiger partial charge in [-0.1, -0.05) is 37.3 Å². The summed E-state index contributed by atoms with van der Waals surface area (Å²) in [5, 5.41) is 12.8. The second kappa shape index (κ2) is 12.1. The van der Waals surface area contributed by atoms with Crippen molar-refractivity contribution in [3.05, 3.63) is 77.1 Å². The lowest BCUT2D eigenvalue weighted by Crippen LogP contribution is -2.45. The molecule has 0 radical (unpaired) electrons. The normalized spacial score (nSPS) is 12.7. The van der Waals surface area contributed by atoms with Crippen molar-refractivity contribution in [2.24, 2.45) is 5.92 Å². The molecule has 186 valence electrons. The monoisotopic (exact) mass is 478 g/mol. The molecule has 0 unspecified atom stereocenters. The molecule has 0 aliphatic rings. The number of phenolic OH excluding ortho intramolecular Hbond substituents is 1. The lowest BCUT2D eigenvalue weighted by molar-refractivity contribution is -0.149. The molecule has 0 aliphatic heterocycles. The molecule has 35 heavy (non-hydrogen) atoms. The van der Waals surface area contributed by atoms with Gasteiger partial charge < -0.3 is 25.5 Å². The van der Waals surface area contributed by atoms with E-state index < -0.39 is 12.0 Å². The number of nitrogens with two attached hydrogens (primary N) is 1. The number of ether oxygens (including phenoxy) is 1. The zero-order valence-corrected chi connectivity index (χ0v) is 20.5. The Morgan fingerprint density at radius 3 is 2.49 bits per heavy atom. The Morgan fingerprint density at radius 1 is 1.17 bits per heavy atom. The van der Waals surface area contributed by atoms with Crippen molar-refractivity contribution in [1.82, 2.24) is 14.9 Å². The molecular weight excluding hydrogens is 444 g/mol. The molecule has 8 nitrogen and oxygen atoms in total. The van der Waals surface area contributed by atoms with Crippen molar-refractivity contribution < 1.29 is 19.4 Å².